The molecule has 1 atom stereocenters. The molecule has 0 saturated carbocycles. The van der Waals surface area contributed by atoms with Gasteiger partial charge in [-0.3, -0.25) is 14.2 Å². The molecule has 1 heterocycles. The van der Waals surface area contributed by atoms with Gasteiger partial charge in [-0.1, -0.05) is 19.1 Å². The van der Waals surface area contributed by atoms with Crippen molar-refractivity contribution in [2.45, 2.75) is 32.9 Å². The van der Waals surface area contributed by atoms with Crippen molar-refractivity contribution in [3.05, 3.63) is 92.3 Å². The van der Waals surface area contributed by atoms with Gasteiger partial charge in [-0.25, -0.2) is 13.6 Å². The lowest BCUT2D eigenvalue weighted by Crippen LogP contribution is -2.47. The van der Waals surface area contributed by atoms with Crippen LogP contribution < -0.4 is 16.6 Å². The first-order valence-electron chi connectivity index (χ1n) is 9.35. The fourth-order valence-corrected chi connectivity index (χ4v) is 2.71. The van der Waals surface area contributed by atoms with E-state index in [1.165, 1.54) is 36.4 Å². The smallest absolute Gasteiger partial charge is 0.348 e. The maximum Gasteiger partial charge on any atom is 0.352 e. The molecule has 9 heteroatoms. The minimum absolute atomic E-state index is 0.187. The van der Waals surface area contributed by atoms with E-state index in [1.807, 2.05) is 6.92 Å². The molecular formula is C21H20F2N4O3. The highest BCUT2D eigenvalue weighted by molar-refractivity contribution is 5.91. The van der Waals surface area contributed by atoms with Crippen molar-refractivity contribution in [3.63, 3.8) is 0 Å². The third-order valence-corrected chi connectivity index (χ3v) is 4.59. The van der Waals surface area contributed by atoms with E-state index in [0.717, 1.165) is 21.4 Å². The summed E-state index contributed by atoms with van der Waals surface area (Å²) in [5.41, 5.74) is -1.48. The van der Waals surface area contributed by atoms with Crippen molar-refractivity contribution in [3.8, 4) is 5.69 Å². The number of carbonyl (C=O) groups is 1. The Labute approximate surface area is 170 Å². The van der Waals surface area contributed by atoms with E-state index in [2.05, 4.69) is 10.4 Å². The van der Waals surface area contributed by atoms with Crippen LogP contribution in [0, 0.1) is 11.6 Å². The molecule has 1 unspecified atom stereocenters. The molecule has 0 aliphatic carbocycles. The predicted molar refractivity (Wildman–Crippen MR) is 107 cm³/mol. The molecule has 1 aromatic heterocycles. The molecule has 0 aliphatic rings. The first-order valence-corrected chi connectivity index (χ1v) is 9.35. The van der Waals surface area contributed by atoms with Gasteiger partial charge in [0.05, 0.1) is 12.2 Å². The zero-order valence-corrected chi connectivity index (χ0v) is 16.4. The standard InChI is InChI=1S/C21H20F2N4O3/c1-3-13(2)24-19(28)18-20(29)26(12-14-4-6-15(22)7-5-14)21(30)27(25-18)17-10-8-16(23)9-11-17/h4-11,13H,3,12H2,1-2H3,(H,24,28). The van der Waals surface area contributed by atoms with Crippen LogP contribution >= 0.6 is 0 Å². The molecule has 1 N–H and O–H groups in total. The topological polar surface area (TPSA) is 86.0 Å². The van der Waals surface area contributed by atoms with Crippen molar-refractivity contribution in [2.24, 2.45) is 0 Å². The Balaban J connectivity index is 2.17. The number of amides is 1. The van der Waals surface area contributed by atoms with E-state index >= 15 is 0 Å². The van der Waals surface area contributed by atoms with Crippen LogP contribution in [0.3, 0.4) is 0 Å². The van der Waals surface area contributed by atoms with Gasteiger partial charge in [0.1, 0.15) is 11.6 Å². The Bertz CT molecular complexity index is 1170. The van der Waals surface area contributed by atoms with Crippen LogP contribution in [0.2, 0.25) is 0 Å². The van der Waals surface area contributed by atoms with Gasteiger partial charge in [0.15, 0.2) is 0 Å². The van der Waals surface area contributed by atoms with Crippen LogP contribution in [0.4, 0.5) is 8.78 Å². The van der Waals surface area contributed by atoms with Gasteiger partial charge in [0, 0.05) is 6.04 Å². The Morgan fingerprint density at radius 3 is 2.17 bits per heavy atom. The summed E-state index contributed by atoms with van der Waals surface area (Å²) in [5, 5.41) is 6.60. The van der Waals surface area contributed by atoms with Gasteiger partial charge >= 0.3 is 5.69 Å². The molecule has 0 spiro atoms. The normalized spacial score (nSPS) is 11.9. The highest BCUT2D eigenvalue weighted by Gasteiger charge is 2.21. The van der Waals surface area contributed by atoms with Crippen LogP contribution in [-0.4, -0.2) is 26.3 Å². The number of benzene rings is 2. The Morgan fingerprint density at radius 1 is 1.03 bits per heavy atom. The van der Waals surface area contributed by atoms with E-state index < -0.39 is 34.5 Å². The predicted octanol–water partition coefficient (Wildman–Crippen LogP) is 2.25. The van der Waals surface area contributed by atoms with Gasteiger partial charge in [-0.05, 0) is 55.3 Å². The second kappa shape index (κ2) is 8.81. The summed E-state index contributed by atoms with van der Waals surface area (Å²) in [6.45, 7) is 3.45. The number of nitrogens with zero attached hydrogens (tertiary/aromatic N) is 3. The number of hydrogen-bond donors (Lipinski definition) is 1. The lowest BCUT2D eigenvalue weighted by Gasteiger charge is -2.14. The molecule has 0 bridgehead atoms. The largest absolute Gasteiger partial charge is 0.352 e. The maximum absolute atomic E-state index is 13.3. The molecule has 3 aromatic rings. The van der Waals surface area contributed by atoms with Crippen molar-refractivity contribution < 1.29 is 13.6 Å². The summed E-state index contributed by atoms with van der Waals surface area (Å²) in [5.74, 6) is -1.70. The maximum atomic E-state index is 13.3. The Morgan fingerprint density at radius 2 is 1.60 bits per heavy atom. The highest BCUT2D eigenvalue weighted by Crippen LogP contribution is 2.07. The number of aromatic nitrogens is 3. The molecular weight excluding hydrogens is 394 g/mol. The van der Waals surface area contributed by atoms with E-state index in [1.54, 1.807) is 6.92 Å². The van der Waals surface area contributed by atoms with Crippen molar-refractivity contribution in [2.75, 3.05) is 0 Å². The summed E-state index contributed by atoms with van der Waals surface area (Å²) >= 11 is 0. The molecule has 7 nitrogen and oxygen atoms in total. The van der Waals surface area contributed by atoms with E-state index in [0.29, 0.717) is 12.0 Å². The third-order valence-electron chi connectivity index (χ3n) is 4.59. The summed E-state index contributed by atoms with van der Waals surface area (Å²) in [6.07, 6.45) is 0.632. The Hall–Kier alpha value is -3.62. The zero-order valence-electron chi connectivity index (χ0n) is 16.4. The molecule has 156 valence electrons. The van der Waals surface area contributed by atoms with Crippen LogP contribution in [-0.2, 0) is 6.54 Å². The molecule has 2 aromatic carbocycles. The Kier molecular flexibility index (Phi) is 6.20. The molecule has 0 saturated heterocycles. The lowest BCUT2D eigenvalue weighted by molar-refractivity contribution is 0.0929. The summed E-state index contributed by atoms with van der Waals surface area (Å²) in [4.78, 5) is 38.5. The number of rotatable bonds is 6. The summed E-state index contributed by atoms with van der Waals surface area (Å²) in [7, 11) is 0. The van der Waals surface area contributed by atoms with Crippen LogP contribution in [0.25, 0.3) is 5.69 Å². The zero-order chi connectivity index (χ0) is 21.8. The fourth-order valence-electron chi connectivity index (χ4n) is 2.71. The van der Waals surface area contributed by atoms with Gasteiger partial charge in [-0.15, -0.1) is 0 Å². The first kappa shape index (κ1) is 21.1. The van der Waals surface area contributed by atoms with Crippen molar-refractivity contribution in [1.82, 2.24) is 19.7 Å². The minimum atomic E-state index is -0.872. The van der Waals surface area contributed by atoms with Crippen LogP contribution in [0.5, 0.6) is 0 Å². The third kappa shape index (κ3) is 4.51. The average molecular weight is 414 g/mol. The summed E-state index contributed by atoms with van der Waals surface area (Å²) in [6, 6.07) is 9.96. The van der Waals surface area contributed by atoms with Gasteiger partial charge in [0.2, 0.25) is 5.69 Å². The summed E-state index contributed by atoms with van der Waals surface area (Å²) < 4.78 is 28.2. The minimum Gasteiger partial charge on any atom is -0.348 e. The second-order valence-corrected chi connectivity index (χ2v) is 6.82. The molecule has 3 rings (SSSR count). The van der Waals surface area contributed by atoms with Crippen molar-refractivity contribution in [1.29, 1.82) is 0 Å². The number of hydrogen-bond acceptors (Lipinski definition) is 4. The SMILES string of the molecule is CCC(C)NC(=O)c1nn(-c2ccc(F)cc2)c(=O)n(Cc2ccc(F)cc2)c1=O. The number of carbonyl (C=O) groups excluding carboxylic acids is 1. The van der Waals surface area contributed by atoms with Crippen molar-refractivity contribution >= 4 is 5.91 Å². The highest BCUT2D eigenvalue weighted by atomic mass is 19.1. The van der Waals surface area contributed by atoms with E-state index in [9.17, 15) is 23.2 Å². The molecule has 0 radical (unpaired) electrons. The molecule has 0 fully saturated rings. The number of halogens is 2. The molecule has 0 aliphatic heterocycles. The first-order chi connectivity index (χ1) is 14.3. The van der Waals surface area contributed by atoms with Crippen LogP contribution in [0.1, 0.15) is 36.3 Å². The lowest BCUT2D eigenvalue weighted by atomic mass is 10.2. The van der Waals surface area contributed by atoms with Crippen LogP contribution in [0.15, 0.2) is 58.1 Å². The van der Waals surface area contributed by atoms with Gasteiger partial charge in [0.25, 0.3) is 11.5 Å². The van der Waals surface area contributed by atoms with Gasteiger partial charge < -0.3 is 5.32 Å². The van der Waals surface area contributed by atoms with E-state index in [-0.39, 0.29) is 18.3 Å². The molecule has 30 heavy (non-hydrogen) atoms. The number of nitrogens with one attached hydrogen (secondary N) is 1. The molecule has 1 amide bonds. The fraction of sp³-hybridized carbons (Fsp3) is 0.238. The quantitative estimate of drug-likeness (QED) is 0.670. The monoisotopic (exact) mass is 414 g/mol. The van der Waals surface area contributed by atoms with E-state index in [4.69, 9.17) is 0 Å². The average Bonchev–Trinajstić information content (AvgIpc) is 2.73. The van der Waals surface area contributed by atoms with Gasteiger partial charge in [-0.2, -0.15) is 9.78 Å². The second-order valence-electron chi connectivity index (χ2n) is 6.82.